The summed E-state index contributed by atoms with van der Waals surface area (Å²) in [6.45, 7) is 3.96. The highest BCUT2D eigenvalue weighted by Gasteiger charge is 2.18. The van der Waals surface area contributed by atoms with Crippen molar-refractivity contribution >= 4 is 10.9 Å². The quantitative estimate of drug-likeness (QED) is 0.887. The largest absolute Gasteiger partial charge is 0.322 e. The van der Waals surface area contributed by atoms with E-state index < -0.39 is 0 Å². The minimum Gasteiger partial charge on any atom is -0.322 e. The zero-order valence-electron chi connectivity index (χ0n) is 11.9. The van der Waals surface area contributed by atoms with E-state index in [2.05, 4.69) is 22.2 Å². The SMILES string of the molecule is CN1CCC(CNCc2cc3ccccc3[nH]c2=O)C1. The molecule has 1 unspecified atom stereocenters. The molecule has 1 atom stereocenters. The van der Waals surface area contributed by atoms with Crippen LogP contribution in [0.15, 0.2) is 35.1 Å². The van der Waals surface area contributed by atoms with Crippen LogP contribution in [-0.4, -0.2) is 36.6 Å². The van der Waals surface area contributed by atoms with Crippen LogP contribution in [0.1, 0.15) is 12.0 Å². The first-order valence-corrected chi connectivity index (χ1v) is 7.22. The number of hydrogen-bond acceptors (Lipinski definition) is 3. The number of fused-ring (bicyclic) bond motifs is 1. The Labute approximate surface area is 118 Å². The molecule has 0 amide bonds. The molecule has 2 N–H and O–H groups in total. The summed E-state index contributed by atoms with van der Waals surface area (Å²) in [7, 11) is 2.16. The van der Waals surface area contributed by atoms with Gasteiger partial charge in [0.15, 0.2) is 0 Å². The third-order valence-electron chi connectivity index (χ3n) is 4.07. The summed E-state index contributed by atoms with van der Waals surface area (Å²) in [5.74, 6) is 0.708. The number of benzene rings is 1. The number of H-pyrrole nitrogens is 1. The molecule has 4 heteroatoms. The maximum absolute atomic E-state index is 12.0. The van der Waals surface area contributed by atoms with Gasteiger partial charge in [0.05, 0.1) is 0 Å². The van der Waals surface area contributed by atoms with E-state index in [1.807, 2.05) is 30.3 Å². The highest BCUT2D eigenvalue weighted by molar-refractivity contribution is 5.78. The van der Waals surface area contributed by atoms with Gasteiger partial charge in [0, 0.05) is 24.2 Å². The van der Waals surface area contributed by atoms with E-state index in [0.717, 1.165) is 29.6 Å². The van der Waals surface area contributed by atoms with E-state index >= 15 is 0 Å². The van der Waals surface area contributed by atoms with Gasteiger partial charge in [0.2, 0.25) is 0 Å². The topological polar surface area (TPSA) is 48.1 Å². The van der Waals surface area contributed by atoms with E-state index in [9.17, 15) is 4.79 Å². The molecule has 1 aromatic carbocycles. The normalized spacial score (nSPS) is 19.8. The molecule has 1 aliphatic rings. The number of aromatic amines is 1. The summed E-state index contributed by atoms with van der Waals surface area (Å²) in [5.41, 5.74) is 1.73. The number of hydrogen-bond donors (Lipinski definition) is 2. The molecule has 1 aliphatic heterocycles. The molecular weight excluding hydrogens is 250 g/mol. The molecule has 0 spiro atoms. The second-order valence-corrected chi connectivity index (χ2v) is 5.76. The highest BCUT2D eigenvalue weighted by Crippen LogP contribution is 2.13. The number of nitrogens with one attached hydrogen (secondary N) is 2. The summed E-state index contributed by atoms with van der Waals surface area (Å²) >= 11 is 0. The maximum Gasteiger partial charge on any atom is 0.252 e. The predicted octanol–water partition coefficient (Wildman–Crippen LogP) is 1.57. The first kappa shape index (κ1) is 13.3. The maximum atomic E-state index is 12.0. The minimum atomic E-state index is 0.0136. The van der Waals surface area contributed by atoms with Crippen LogP contribution in [0.2, 0.25) is 0 Å². The molecule has 3 rings (SSSR count). The van der Waals surface area contributed by atoms with Gasteiger partial charge in [-0.15, -0.1) is 0 Å². The fourth-order valence-corrected chi connectivity index (χ4v) is 2.93. The van der Waals surface area contributed by atoms with E-state index in [0.29, 0.717) is 12.5 Å². The van der Waals surface area contributed by atoms with Crippen LogP contribution in [0.3, 0.4) is 0 Å². The van der Waals surface area contributed by atoms with Gasteiger partial charge in [-0.2, -0.15) is 0 Å². The van der Waals surface area contributed by atoms with E-state index in [1.54, 1.807) is 0 Å². The average molecular weight is 271 g/mol. The summed E-state index contributed by atoms with van der Waals surface area (Å²) in [4.78, 5) is 17.3. The van der Waals surface area contributed by atoms with Crippen molar-refractivity contribution in [1.82, 2.24) is 15.2 Å². The molecule has 0 bridgehead atoms. The van der Waals surface area contributed by atoms with Crippen molar-refractivity contribution in [3.05, 3.63) is 46.2 Å². The summed E-state index contributed by atoms with van der Waals surface area (Å²) in [6.07, 6.45) is 1.25. The third-order valence-corrected chi connectivity index (χ3v) is 4.07. The molecule has 1 fully saturated rings. The number of pyridine rings is 1. The lowest BCUT2D eigenvalue weighted by molar-refractivity contribution is 0.388. The molecule has 0 radical (unpaired) electrons. The van der Waals surface area contributed by atoms with Crippen LogP contribution >= 0.6 is 0 Å². The zero-order valence-corrected chi connectivity index (χ0v) is 11.9. The van der Waals surface area contributed by atoms with E-state index in [4.69, 9.17) is 0 Å². The van der Waals surface area contributed by atoms with E-state index in [-0.39, 0.29) is 5.56 Å². The van der Waals surface area contributed by atoms with Gasteiger partial charge >= 0.3 is 0 Å². The number of nitrogens with zero attached hydrogens (tertiary/aromatic N) is 1. The Hall–Kier alpha value is -1.65. The van der Waals surface area contributed by atoms with Crippen molar-refractivity contribution in [2.24, 2.45) is 5.92 Å². The summed E-state index contributed by atoms with van der Waals surface area (Å²) in [6, 6.07) is 9.88. The molecule has 0 saturated carbocycles. The monoisotopic (exact) mass is 271 g/mol. The van der Waals surface area contributed by atoms with Gasteiger partial charge in [-0.05, 0) is 50.0 Å². The Bertz CT molecular complexity index is 649. The minimum absolute atomic E-state index is 0.0136. The van der Waals surface area contributed by atoms with Gasteiger partial charge in [0.1, 0.15) is 0 Å². The summed E-state index contributed by atoms with van der Waals surface area (Å²) < 4.78 is 0. The fraction of sp³-hybridized carbons (Fsp3) is 0.438. The van der Waals surface area contributed by atoms with Crippen LogP contribution in [0.5, 0.6) is 0 Å². The van der Waals surface area contributed by atoms with Crippen LogP contribution in [0.25, 0.3) is 10.9 Å². The zero-order chi connectivity index (χ0) is 13.9. The van der Waals surface area contributed by atoms with Crippen molar-refractivity contribution in [3.63, 3.8) is 0 Å². The second kappa shape index (κ2) is 5.77. The Balaban J connectivity index is 1.65. The van der Waals surface area contributed by atoms with Gasteiger partial charge in [-0.25, -0.2) is 0 Å². The molecule has 1 aromatic heterocycles. The van der Waals surface area contributed by atoms with Crippen LogP contribution in [0.4, 0.5) is 0 Å². The second-order valence-electron chi connectivity index (χ2n) is 5.76. The Morgan fingerprint density at radius 2 is 2.25 bits per heavy atom. The van der Waals surface area contributed by atoms with Gasteiger partial charge in [-0.1, -0.05) is 18.2 Å². The molecule has 106 valence electrons. The van der Waals surface area contributed by atoms with Gasteiger partial charge in [0.25, 0.3) is 5.56 Å². The van der Waals surface area contributed by atoms with Gasteiger partial charge < -0.3 is 15.2 Å². The summed E-state index contributed by atoms with van der Waals surface area (Å²) in [5, 5.41) is 4.51. The first-order chi connectivity index (χ1) is 9.72. The number of aromatic nitrogens is 1. The Kier molecular flexibility index (Phi) is 3.85. The smallest absolute Gasteiger partial charge is 0.252 e. The number of likely N-dealkylation sites (tertiary alicyclic amines) is 1. The fourth-order valence-electron chi connectivity index (χ4n) is 2.93. The van der Waals surface area contributed by atoms with Crippen molar-refractivity contribution in [2.75, 3.05) is 26.7 Å². The standard InChI is InChI=1S/C16H21N3O/c1-19-7-6-12(11-19)9-17-10-14-8-13-4-2-3-5-15(13)18-16(14)20/h2-5,8,12,17H,6-7,9-11H2,1H3,(H,18,20). The molecule has 1 saturated heterocycles. The first-order valence-electron chi connectivity index (χ1n) is 7.22. The third kappa shape index (κ3) is 2.92. The number of rotatable bonds is 4. The van der Waals surface area contributed by atoms with Crippen LogP contribution < -0.4 is 10.9 Å². The predicted molar refractivity (Wildman–Crippen MR) is 81.9 cm³/mol. The number of para-hydroxylation sites is 1. The lowest BCUT2D eigenvalue weighted by atomic mass is 10.1. The average Bonchev–Trinajstić information content (AvgIpc) is 2.85. The lowest BCUT2D eigenvalue weighted by Gasteiger charge is -2.11. The molecular formula is C16H21N3O. The van der Waals surface area contributed by atoms with Crippen molar-refractivity contribution in [1.29, 1.82) is 0 Å². The van der Waals surface area contributed by atoms with E-state index in [1.165, 1.54) is 13.0 Å². The van der Waals surface area contributed by atoms with Crippen molar-refractivity contribution < 1.29 is 0 Å². The Morgan fingerprint density at radius 1 is 1.40 bits per heavy atom. The highest BCUT2D eigenvalue weighted by atomic mass is 16.1. The van der Waals surface area contributed by atoms with Crippen LogP contribution in [0, 0.1) is 5.92 Å². The molecule has 2 heterocycles. The molecule has 4 nitrogen and oxygen atoms in total. The Morgan fingerprint density at radius 3 is 3.05 bits per heavy atom. The molecule has 0 aliphatic carbocycles. The van der Waals surface area contributed by atoms with Crippen molar-refractivity contribution in [3.8, 4) is 0 Å². The van der Waals surface area contributed by atoms with Crippen molar-refractivity contribution in [2.45, 2.75) is 13.0 Å². The van der Waals surface area contributed by atoms with Gasteiger partial charge in [-0.3, -0.25) is 4.79 Å². The molecule has 20 heavy (non-hydrogen) atoms. The molecule has 2 aromatic rings. The lowest BCUT2D eigenvalue weighted by Crippen LogP contribution is -2.27. The van der Waals surface area contributed by atoms with Crippen LogP contribution in [-0.2, 0) is 6.54 Å².